The Morgan fingerprint density at radius 3 is 2.79 bits per heavy atom. The molecule has 3 aromatic rings. The zero-order valence-corrected chi connectivity index (χ0v) is 14.2. The molecule has 1 heterocycles. The van der Waals surface area contributed by atoms with Crippen molar-refractivity contribution in [2.24, 2.45) is 0 Å². The highest BCUT2D eigenvalue weighted by Crippen LogP contribution is 2.35. The van der Waals surface area contributed by atoms with Gasteiger partial charge < -0.3 is 9.15 Å². The molecule has 0 atom stereocenters. The van der Waals surface area contributed by atoms with Gasteiger partial charge in [0.15, 0.2) is 0 Å². The molecular formula is C20H17ClO3. The molecule has 0 amide bonds. The van der Waals surface area contributed by atoms with Crippen LogP contribution in [0.15, 0.2) is 45.6 Å². The van der Waals surface area contributed by atoms with Gasteiger partial charge in [0.2, 0.25) is 0 Å². The van der Waals surface area contributed by atoms with Gasteiger partial charge in [-0.15, -0.1) is 0 Å². The highest BCUT2D eigenvalue weighted by Gasteiger charge is 2.22. The first-order valence-corrected chi connectivity index (χ1v) is 8.46. The van der Waals surface area contributed by atoms with E-state index in [0.717, 1.165) is 52.7 Å². The Kier molecular flexibility index (Phi) is 3.81. The normalized spacial score (nSPS) is 13.2. The fourth-order valence-corrected chi connectivity index (χ4v) is 3.58. The molecule has 4 rings (SSSR count). The third-order valence-corrected chi connectivity index (χ3v) is 4.89. The van der Waals surface area contributed by atoms with Gasteiger partial charge in [0.25, 0.3) is 0 Å². The van der Waals surface area contributed by atoms with E-state index in [1.165, 1.54) is 0 Å². The van der Waals surface area contributed by atoms with Crippen molar-refractivity contribution >= 4 is 22.6 Å². The van der Waals surface area contributed by atoms with Crippen molar-refractivity contribution in [1.82, 2.24) is 0 Å². The number of hydrogen-bond donors (Lipinski definition) is 0. The van der Waals surface area contributed by atoms with Crippen LogP contribution in [0.3, 0.4) is 0 Å². The maximum Gasteiger partial charge on any atom is 0.339 e. The molecule has 122 valence electrons. The van der Waals surface area contributed by atoms with Crippen molar-refractivity contribution in [2.75, 3.05) is 0 Å². The molecule has 0 aliphatic heterocycles. The topological polar surface area (TPSA) is 39.4 Å². The second-order valence-corrected chi connectivity index (χ2v) is 6.62. The van der Waals surface area contributed by atoms with Crippen LogP contribution in [0.4, 0.5) is 0 Å². The average molecular weight is 341 g/mol. The molecule has 0 bridgehead atoms. The van der Waals surface area contributed by atoms with Gasteiger partial charge in [0.1, 0.15) is 17.9 Å². The van der Waals surface area contributed by atoms with Crippen molar-refractivity contribution in [3.8, 4) is 5.75 Å². The van der Waals surface area contributed by atoms with Crippen LogP contribution in [-0.4, -0.2) is 0 Å². The minimum absolute atomic E-state index is 0.211. The molecule has 0 fully saturated rings. The van der Waals surface area contributed by atoms with E-state index < -0.39 is 0 Å². The van der Waals surface area contributed by atoms with E-state index in [0.29, 0.717) is 17.2 Å². The lowest BCUT2D eigenvalue weighted by Crippen LogP contribution is -2.08. The van der Waals surface area contributed by atoms with E-state index in [2.05, 4.69) is 0 Å². The second-order valence-electron chi connectivity index (χ2n) is 6.22. The quantitative estimate of drug-likeness (QED) is 0.641. The van der Waals surface area contributed by atoms with Gasteiger partial charge in [-0.1, -0.05) is 29.8 Å². The summed E-state index contributed by atoms with van der Waals surface area (Å²) in [4.78, 5) is 12.1. The first kappa shape index (κ1) is 15.3. The summed E-state index contributed by atoms with van der Waals surface area (Å²) in [5.41, 5.74) is 4.21. The number of hydrogen-bond acceptors (Lipinski definition) is 3. The van der Waals surface area contributed by atoms with Crippen molar-refractivity contribution in [1.29, 1.82) is 0 Å². The Bertz CT molecular complexity index is 988. The zero-order valence-electron chi connectivity index (χ0n) is 13.4. The van der Waals surface area contributed by atoms with Crippen molar-refractivity contribution in [2.45, 2.75) is 32.8 Å². The van der Waals surface area contributed by atoms with Gasteiger partial charge in [-0.05, 0) is 55.5 Å². The smallest absolute Gasteiger partial charge is 0.339 e. The Hall–Kier alpha value is -2.26. The Balaban J connectivity index is 1.82. The molecular weight excluding hydrogens is 324 g/mol. The van der Waals surface area contributed by atoms with Gasteiger partial charge >= 0.3 is 5.63 Å². The maximum atomic E-state index is 12.1. The van der Waals surface area contributed by atoms with Crippen LogP contribution in [-0.2, 0) is 19.4 Å². The summed E-state index contributed by atoms with van der Waals surface area (Å²) in [7, 11) is 0. The number of ether oxygens (including phenoxy) is 1. The van der Waals surface area contributed by atoms with E-state index in [1.807, 2.05) is 43.3 Å². The van der Waals surface area contributed by atoms with Crippen LogP contribution in [0.1, 0.15) is 28.7 Å². The van der Waals surface area contributed by atoms with E-state index in [9.17, 15) is 4.79 Å². The summed E-state index contributed by atoms with van der Waals surface area (Å²) < 4.78 is 11.6. The summed E-state index contributed by atoms with van der Waals surface area (Å²) in [5.74, 6) is 0.756. The lowest BCUT2D eigenvalue weighted by molar-refractivity contribution is 0.309. The number of benzene rings is 2. The molecule has 0 N–H and O–H groups in total. The summed E-state index contributed by atoms with van der Waals surface area (Å²) in [6.45, 7) is 2.35. The molecule has 0 spiro atoms. The van der Waals surface area contributed by atoms with Crippen molar-refractivity contribution in [3.63, 3.8) is 0 Å². The van der Waals surface area contributed by atoms with Crippen LogP contribution in [0.25, 0.3) is 11.0 Å². The Morgan fingerprint density at radius 1 is 1.17 bits per heavy atom. The third kappa shape index (κ3) is 2.59. The summed E-state index contributed by atoms with van der Waals surface area (Å²) in [6.07, 6.45) is 2.66. The van der Waals surface area contributed by atoms with Gasteiger partial charge in [-0.3, -0.25) is 0 Å². The molecule has 0 radical (unpaired) electrons. The van der Waals surface area contributed by atoms with Crippen LogP contribution >= 0.6 is 11.6 Å². The van der Waals surface area contributed by atoms with E-state index >= 15 is 0 Å². The molecule has 0 saturated heterocycles. The fraction of sp³-hybridized carbons (Fsp3) is 0.250. The molecule has 4 heteroatoms. The molecule has 1 aromatic heterocycles. The molecule has 0 saturated carbocycles. The number of fused-ring (bicyclic) bond motifs is 3. The first-order chi connectivity index (χ1) is 11.6. The average Bonchev–Trinajstić information content (AvgIpc) is 3.03. The first-order valence-electron chi connectivity index (χ1n) is 8.09. The highest BCUT2D eigenvalue weighted by molar-refractivity contribution is 6.31. The van der Waals surface area contributed by atoms with Crippen LogP contribution in [0.5, 0.6) is 5.75 Å². The number of rotatable bonds is 3. The van der Waals surface area contributed by atoms with Gasteiger partial charge in [0.05, 0.1) is 5.39 Å². The van der Waals surface area contributed by atoms with Crippen LogP contribution in [0.2, 0.25) is 5.02 Å². The van der Waals surface area contributed by atoms with Gasteiger partial charge in [0, 0.05) is 16.1 Å². The molecule has 3 nitrogen and oxygen atoms in total. The predicted molar refractivity (Wildman–Crippen MR) is 95.0 cm³/mol. The standard InChI is InChI=1S/C20H17ClO3/c1-12-9-17(23-11-13-5-2-3-8-16(13)21)19-14-6-4-7-15(14)20(22)24-18(19)10-12/h2-3,5,8-10H,4,6-7,11H2,1H3. The fourth-order valence-electron chi connectivity index (χ4n) is 3.39. The summed E-state index contributed by atoms with van der Waals surface area (Å²) in [6, 6.07) is 11.5. The number of aryl methyl sites for hydroxylation is 2. The summed E-state index contributed by atoms with van der Waals surface area (Å²) >= 11 is 6.21. The third-order valence-electron chi connectivity index (χ3n) is 4.52. The van der Waals surface area contributed by atoms with Gasteiger partial charge in [-0.2, -0.15) is 0 Å². The predicted octanol–water partition coefficient (Wildman–Crippen LogP) is 4.82. The number of halogens is 1. The highest BCUT2D eigenvalue weighted by atomic mass is 35.5. The molecule has 0 unspecified atom stereocenters. The minimum atomic E-state index is -0.211. The Morgan fingerprint density at radius 2 is 1.96 bits per heavy atom. The summed E-state index contributed by atoms with van der Waals surface area (Å²) in [5, 5.41) is 1.62. The monoisotopic (exact) mass is 340 g/mol. The lowest BCUT2D eigenvalue weighted by atomic mass is 10.0. The molecule has 1 aliphatic carbocycles. The second kappa shape index (κ2) is 5.99. The van der Waals surface area contributed by atoms with Crippen LogP contribution in [0, 0.1) is 6.92 Å². The van der Waals surface area contributed by atoms with E-state index in [4.69, 9.17) is 20.8 Å². The van der Waals surface area contributed by atoms with E-state index in [1.54, 1.807) is 0 Å². The Labute approximate surface area is 144 Å². The minimum Gasteiger partial charge on any atom is -0.488 e. The zero-order chi connectivity index (χ0) is 16.7. The van der Waals surface area contributed by atoms with Crippen molar-refractivity contribution in [3.05, 3.63) is 74.1 Å². The van der Waals surface area contributed by atoms with Gasteiger partial charge in [-0.25, -0.2) is 4.79 Å². The molecule has 2 aromatic carbocycles. The van der Waals surface area contributed by atoms with E-state index in [-0.39, 0.29) is 5.63 Å². The largest absolute Gasteiger partial charge is 0.488 e. The maximum absolute atomic E-state index is 12.1. The molecule has 24 heavy (non-hydrogen) atoms. The SMILES string of the molecule is Cc1cc(OCc2ccccc2Cl)c2c3c(c(=O)oc2c1)CCC3. The molecule has 1 aliphatic rings. The van der Waals surface area contributed by atoms with Crippen molar-refractivity contribution < 1.29 is 9.15 Å². The lowest BCUT2D eigenvalue weighted by Gasteiger charge is -2.13. The van der Waals surface area contributed by atoms with Crippen LogP contribution < -0.4 is 10.4 Å².